The minimum absolute atomic E-state index is 0.138. The molecule has 3 aromatic rings. The number of likely N-dealkylation sites (N-methyl/N-ethyl adjacent to an activating group) is 1. The van der Waals surface area contributed by atoms with E-state index in [2.05, 4.69) is 4.98 Å². The van der Waals surface area contributed by atoms with Crippen molar-refractivity contribution >= 4 is 11.6 Å². The maximum absolute atomic E-state index is 13.4. The van der Waals surface area contributed by atoms with Crippen molar-refractivity contribution in [3.8, 4) is 22.5 Å². The molecule has 0 spiro atoms. The van der Waals surface area contributed by atoms with Crippen molar-refractivity contribution in [2.45, 2.75) is 6.42 Å². The Hall–Kier alpha value is -3.52. The third-order valence-electron chi connectivity index (χ3n) is 4.66. The summed E-state index contributed by atoms with van der Waals surface area (Å²) in [6, 6.07) is 12.0. The molecule has 0 aliphatic heterocycles. The van der Waals surface area contributed by atoms with Gasteiger partial charge in [0.1, 0.15) is 5.82 Å². The molecule has 0 atom stereocenters. The van der Waals surface area contributed by atoms with Crippen LogP contribution in [0.4, 0.5) is 10.1 Å². The first-order chi connectivity index (χ1) is 13.8. The molecule has 0 saturated heterocycles. The van der Waals surface area contributed by atoms with Crippen molar-refractivity contribution in [3.63, 3.8) is 0 Å². The molecular weight excluding hydrogens is 375 g/mol. The molecule has 150 valence electrons. The number of hydrogen-bond donors (Lipinski definition) is 2. The highest BCUT2D eigenvalue weighted by Crippen LogP contribution is 2.38. The fraction of sp³-hybridized carbons (Fsp3) is 0.190. The standard InChI is InChI=1S/C21H21FN4O3/c1-25(2)12-11-16-18(21(23)27)20(15-5-3-4-6-17(15)26(28)29)24-19(16)13-7-9-14(22)10-8-13/h3-10,24H,11-12H2,1-2H3,(H2,23,27). The van der Waals surface area contributed by atoms with Crippen LogP contribution in [0.2, 0.25) is 0 Å². The number of aromatic amines is 1. The van der Waals surface area contributed by atoms with Gasteiger partial charge in [0.25, 0.3) is 11.6 Å². The van der Waals surface area contributed by atoms with Gasteiger partial charge in [0.2, 0.25) is 0 Å². The molecule has 0 radical (unpaired) electrons. The van der Waals surface area contributed by atoms with E-state index in [1.807, 2.05) is 19.0 Å². The van der Waals surface area contributed by atoms with E-state index in [0.29, 0.717) is 29.8 Å². The second-order valence-electron chi connectivity index (χ2n) is 6.93. The zero-order valence-electron chi connectivity index (χ0n) is 16.1. The molecule has 1 heterocycles. The summed E-state index contributed by atoms with van der Waals surface area (Å²) in [7, 11) is 3.80. The van der Waals surface area contributed by atoms with Gasteiger partial charge >= 0.3 is 0 Å². The molecular formula is C21H21FN4O3. The third-order valence-corrected chi connectivity index (χ3v) is 4.66. The van der Waals surface area contributed by atoms with Crippen LogP contribution in [0.25, 0.3) is 22.5 Å². The van der Waals surface area contributed by atoms with Crippen LogP contribution in [0.15, 0.2) is 48.5 Å². The van der Waals surface area contributed by atoms with Gasteiger partial charge < -0.3 is 15.6 Å². The molecule has 2 aromatic carbocycles. The van der Waals surface area contributed by atoms with Crippen molar-refractivity contribution in [1.82, 2.24) is 9.88 Å². The average molecular weight is 396 g/mol. The third kappa shape index (κ3) is 4.17. The summed E-state index contributed by atoms with van der Waals surface area (Å²) in [6.07, 6.45) is 0.481. The minimum atomic E-state index is -0.684. The number of H-pyrrole nitrogens is 1. The summed E-state index contributed by atoms with van der Waals surface area (Å²) in [5.74, 6) is -1.07. The van der Waals surface area contributed by atoms with E-state index in [9.17, 15) is 19.3 Å². The first kappa shape index (κ1) is 20.2. The zero-order valence-corrected chi connectivity index (χ0v) is 16.1. The molecule has 1 amide bonds. The quantitative estimate of drug-likeness (QED) is 0.470. The van der Waals surface area contributed by atoms with Gasteiger partial charge in [-0.25, -0.2) is 4.39 Å². The van der Waals surface area contributed by atoms with Gasteiger partial charge in [-0.05, 0) is 62.0 Å². The number of para-hydroxylation sites is 1. The van der Waals surface area contributed by atoms with E-state index in [1.54, 1.807) is 30.3 Å². The van der Waals surface area contributed by atoms with Gasteiger partial charge in [-0.1, -0.05) is 12.1 Å². The Labute approximate surface area is 167 Å². The second-order valence-corrected chi connectivity index (χ2v) is 6.93. The lowest BCUT2D eigenvalue weighted by molar-refractivity contribution is -0.384. The number of nitrogens with one attached hydrogen (secondary N) is 1. The summed E-state index contributed by atoms with van der Waals surface area (Å²) in [4.78, 5) is 28.5. The van der Waals surface area contributed by atoms with Gasteiger partial charge in [-0.2, -0.15) is 0 Å². The van der Waals surface area contributed by atoms with E-state index < -0.39 is 10.8 Å². The summed E-state index contributed by atoms with van der Waals surface area (Å²) >= 11 is 0. The van der Waals surface area contributed by atoms with E-state index >= 15 is 0 Å². The highest BCUT2D eigenvalue weighted by molar-refractivity contribution is 6.03. The summed E-state index contributed by atoms with van der Waals surface area (Å²) in [5, 5.41) is 11.5. The molecule has 0 aliphatic carbocycles. The van der Waals surface area contributed by atoms with Crippen LogP contribution in [0.3, 0.4) is 0 Å². The number of rotatable bonds is 7. The number of primary amides is 1. The molecule has 1 aromatic heterocycles. The SMILES string of the molecule is CN(C)CCc1c(-c2ccc(F)cc2)[nH]c(-c2ccccc2[N+](=O)[O-])c1C(N)=O. The van der Waals surface area contributed by atoms with Crippen molar-refractivity contribution in [2.75, 3.05) is 20.6 Å². The largest absolute Gasteiger partial charge is 0.366 e. The number of aromatic nitrogens is 1. The number of benzene rings is 2. The number of carbonyl (C=O) groups excluding carboxylic acids is 1. The maximum atomic E-state index is 13.4. The Kier molecular flexibility index (Phi) is 5.74. The molecule has 0 saturated carbocycles. The molecule has 0 aliphatic rings. The lowest BCUT2D eigenvalue weighted by Crippen LogP contribution is -2.19. The van der Waals surface area contributed by atoms with Crippen LogP contribution in [-0.4, -0.2) is 41.4 Å². The zero-order chi connectivity index (χ0) is 21.1. The first-order valence-electron chi connectivity index (χ1n) is 8.98. The Bertz CT molecular complexity index is 1060. The van der Waals surface area contributed by atoms with E-state index in [-0.39, 0.29) is 28.3 Å². The summed E-state index contributed by atoms with van der Waals surface area (Å²) in [5.41, 5.74) is 8.22. The number of nitro groups is 1. The summed E-state index contributed by atoms with van der Waals surface area (Å²) < 4.78 is 13.4. The number of amides is 1. The van der Waals surface area contributed by atoms with Crippen molar-refractivity contribution in [2.24, 2.45) is 5.73 Å². The molecule has 0 unspecified atom stereocenters. The number of nitrogens with zero attached hydrogens (tertiary/aromatic N) is 2. The van der Waals surface area contributed by atoms with E-state index in [1.165, 1.54) is 18.2 Å². The second kappa shape index (κ2) is 8.24. The molecule has 3 rings (SSSR count). The lowest BCUT2D eigenvalue weighted by Gasteiger charge is -2.11. The lowest BCUT2D eigenvalue weighted by atomic mass is 9.98. The van der Waals surface area contributed by atoms with Gasteiger partial charge in [0, 0.05) is 18.3 Å². The van der Waals surface area contributed by atoms with Crippen molar-refractivity contribution in [3.05, 3.63) is 75.6 Å². The van der Waals surface area contributed by atoms with Gasteiger partial charge in [0.15, 0.2) is 0 Å². The highest BCUT2D eigenvalue weighted by Gasteiger charge is 2.27. The molecule has 7 nitrogen and oxygen atoms in total. The monoisotopic (exact) mass is 396 g/mol. The molecule has 3 N–H and O–H groups in total. The fourth-order valence-electron chi connectivity index (χ4n) is 3.31. The van der Waals surface area contributed by atoms with Crippen molar-refractivity contribution in [1.29, 1.82) is 0 Å². The normalized spacial score (nSPS) is 11.0. The van der Waals surface area contributed by atoms with Crippen LogP contribution in [0, 0.1) is 15.9 Å². The van der Waals surface area contributed by atoms with Crippen LogP contribution < -0.4 is 5.73 Å². The number of halogens is 1. The van der Waals surface area contributed by atoms with E-state index in [0.717, 1.165) is 0 Å². The predicted molar refractivity (Wildman–Crippen MR) is 109 cm³/mol. The number of nitrogens with two attached hydrogens (primary N) is 1. The minimum Gasteiger partial charge on any atom is -0.366 e. The van der Waals surface area contributed by atoms with E-state index in [4.69, 9.17) is 5.73 Å². The molecule has 8 heteroatoms. The van der Waals surface area contributed by atoms with Crippen LogP contribution >= 0.6 is 0 Å². The van der Waals surface area contributed by atoms with Crippen LogP contribution in [-0.2, 0) is 6.42 Å². The Balaban J connectivity index is 2.29. The van der Waals surface area contributed by atoms with Gasteiger partial charge in [-0.15, -0.1) is 0 Å². The Morgan fingerprint density at radius 3 is 2.38 bits per heavy atom. The highest BCUT2D eigenvalue weighted by atomic mass is 19.1. The average Bonchev–Trinajstić information content (AvgIpc) is 3.06. The summed E-state index contributed by atoms with van der Waals surface area (Å²) in [6.45, 7) is 0.628. The van der Waals surface area contributed by atoms with Crippen LogP contribution in [0.5, 0.6) is 0 Å². The molecule has 29 heavy (non-hydrogen) atoms. The molecule has 0 bridgehead atoms. The van der Waals surface area contributed by atoms with Crippen LogP contribution in [0.1, 0.15) is 15.9 Å². The fourth-order valence-corrected chi connectivity index (χ4v) is 3.31. The van der Waals surface area contributed by atoms with Gasteiger partial charge in [0.05, 0.1) is 21.7 Å². The number of nitro benzene ring substituents is 1. The maximum Gasteiger partial charge on any atom is 0.278 e. The molecule has 0 fully saturated rings. The number of hydrogen-bond acceptors (Lipinski definition) is 4. The first-order valence-corrected chi connectivity index (χ1v) is 8.98. The van der Waals surface area contributed by atoms with Gasteiger partial charge in [-0.3, -0.25) is 14.9 Å². The predicted octanol–water partition coefficient (Wildman–Crippen LogP) is 3.60. The topological polar surface area (TPSA) is 105 Å². The number of carbonyl (C=O) groups is 1. The van der Waals surface area contributed by atoms with Crippen molar-refractivity contribution < 1.29 is 14.1 Å². The smallest absolute Gasteiger partial charge is 0.278 e. The Morgan fingerprint density at radius 1 is 1.14 bits per heavy atom. The Morgan fingerprint density at radius 2 is 1.79 bits per heavy atom.